The Hall–Kier alpha value is -1.48. The smallest absolute Gasteiger partial charge is 0.133 e. The van der Waals surface area contributed by atoms with Crippen molar-refractivity contribution in [2.45, 2.75) is 32.7 Å². The molecule has 1 atom stereocenters. The van der Waals surface area contributed by atoms with Crippen molar-refractivity contribution in [1.82, 2.24) is 0 Å². The second kappa shape index (κ2) is 6.99. The molecule has 21 heavy (non-hydrogen) atoms. The van der Waals surface area contributed by atoms with Crippen LogP contribution in [-0.2, 0) is 0 Å². The fraction of sp³-hybridized carbons (Fsp3) is 0.333. The number of nitrogens with one attached hydrogen (secondary N) is 1. The van der Waals surface area contributed by atoms with E-state index in [9.17, 15) is 0 Å². The molecule has 0 aromatic heterocycles. The number of methoxy groups -OCH3 is 1. The number of ether oxygens (including phenoxy) is 1. The predicted octanol–water partition coefficient (Wildman–Crippen LogP) is 5.75. The third-order valence-corrected chi connectivity index (χ3v) is 4.25. The van der Waals surface area contributed by atoms with Crippen molar-refractivity contribution in [3.8, 4) is 5.75 Å². The summed E-state index contributed by atoms with van der Waals surface area (Å²) in [7, 11) is 1.68. The molecule has 0 amide bonds. The van der Waals surface area contributed by atoms with Crippen LogP contribution >= 0.6 is 15.9 Å². The summed E-state index contributed by atoms with van der Waals surface area (Å²) in [4.78, 5) is 0. The van der Waals surface area contributed by atoms with Crippen LogP contribution in [0.2, 0.25) is 0 Å². The SMILES string of the molecule is COc1ccc(C(C)Nc2ccccc2C(C)C)cc1Br. The van der Waals surface area contributed by atoms with Crippen molar-refractivity contribution in [3.63, 3.8) is 0 Å². The summed E-state index contributed by atoms with van der Waals surface area (Å²) in [5.74, 6) is 1.36. The first-order valence-electron chi connectivity index (χ1n) is 7.21. The minimum Gasteiger partial charge on any atom is -0.496 e. The lowest BCUT2D eigenvalue weighted by molar-refractivity contribution is 0.412. The number of benzene rings is 2. The summed E-state index contributed by atoms with van der Waals surface area (Å²) in [6, 6.07) is 14.9. The maximum atomic E-state index is 5.28. The summed E-state index contributed by atoms with van der Waals surface area (Å²) in [5, 5.41) is 3.61. The molecule has 0 saturated carbocycles. The van der Waals surface area contributed by atoms with Crippen molar-refractivity contribution in [2.24, 2.45) is 0 Å². The van der Waals surface area contributed by atoms with Crippen LogP contribution in [0.4, 0.5) is 5.69 Å². The molecule has 0 radical (unpaired) electrons. The molecular weight excluding hydrogens is 326 g/mol. The Kier molecular flexibility index (Phi) is 5.29. The summed E-state index contributed by atoms with van der Waals surface area (Å²) in [6.45, 7) is 6.61. The summed E-state index contributed by atoms with van der Waals surface area (Å²) in [6.07, 6.45) is 0. The zero-order valence-corrected chi connectivity index (χ0v) is 14.6. The Morgan fingerprint density at radius 1 is 1.05 bits per heavy atom. The van der Waals surface area contributed by atoms with E-state index >= 15 is 0 Å². The fourth-order valence-electron chi connectivity index (χ4n) is 2.40. The van der Waals surface area contributed by atoms with E-state index in [1.807, 2.05) is 6.07 Å². The molecule has 0 heterocycles. The minimum atomic E-state index is 0.229. The predicted molar refractivity (Wildman–Crippen MR) is 93.3 cm³/mol. The quantitative estimate of drug-likeness (QED) is 0.742. The average Bonchev–Trinajstić information content (AvgIpc) is 2.47. The van der Waals surface area contributed by atoms with Gasteiger partial charge in [-0.25, -0.2) is 0 Å². The van der Waals surface area contributed by atoms with Gasteiger partial charge in [0.1, 0.15) is 5.75 Å². The molecule has 0 aliphatic heterocycles. The second-order valence-electron chi connectivity index (χ2n) is 5.50. The van der Waals surface area contributed by atoms with Crippen molar-refractivity contribution >= 4 is 21.6 Å². The third-order valence-electron chi connectivity index (χ3n) is 3.63. The highest BCUT2D eigenvalue weighted by Crippen LogP contribution is 2.31. The van der Waals surface area contributed by atoms with E-state index in [2.05, 4.69) is 78.4 Å². The van der Waals surface area contributed by atoms with Crippen LogP contribution in [-0.4, -0.2) is 7.11 Å². The average molecular weight is 348 g/mol. The Morgan fingerprint density at radius 2 is 1.76 bits per heavy atom. The lowest BCUT2D eigenvalue weighted by atomic mass is 10.00. The van der Waals surface area contributed by atoms with E-state index in [1.54, 1.807) is 7.11 Å². The van der Waals surface area contributed by atoms with Gasteiger partial charge in [-0.2, -0.15) is 0 Å². The van der Waals surface area contributed by atoms with Crippen LogP contribution in [0.15, 0.2) is 46.9 Å². The standard InChI is InChI=1S/C18H22BrNO/c1-12(2)15-7-5-6-8-17(15)20-13(3)14-9-10-18(21-4)16(19)11-14/h5-13,20H,1-4H3. The Morgan fingerprint density at radius 3 is 2.38 bits per heavy atom. The molecule has 3 heteroatoms. The zero-order valence-electron chi connectivity index (χ0n) is 13.0. The maximum Gasteiger partial charge on any atom is 0.133 e. The highest BCUT2D eigenvalue weighted by atomic mass is 79.9. The fourth-order valence-corrected chi connectivity index (χ4v) is 2.96. The molecule has 1 N–H and O–H groups in total. The van der Waals surface area contributed by atoms with Crippen LogP contribution in [0.1, 0.15) is 43.9 Å². The van der Waals surface area contributed by atoms with Gasteiger partial charge in [0.2, 0.25) is 0 Å². The highest BCUT2D eigenvalue weighted by Gasteiger charge is 2.11. The van der Waals surface area contributed by atoms with Gasteiger partial charge in [0.05, 0.1) is 11.6 Å². The third kappa shape index (κ3) is 3.79. The molecule has 2 aromatic carbocycles. The maximum absolute atomic E-state index is 5.28. The normalized spacial score (nSPS) is 12.3. The van der Waals surface area contributed by atoms with Gasteiger partial charge >= 0.3 is 0 Å². The van der Waals surface area contributed by atoms with Crippen LogP contribution in [0, 0.1) is 0 Å². The number of rotatable bonds is 5. The van der Waals surface area contributed by atoms with Crippen molar-refractivity contribution < 1.29 is 4.74 Å². The van der Waals surface area contributed by atoms with E-state index in [0.29, 0.717) is 5.92 Å². The summed E-state index contributed by atoms with van der Waals surface area (Å²) in [5.41, 5.74) is 3.77. The van der Waals surface area contributed by atoms with Gasteiger partial charge in [-0.1, -0.05) is 38.1 Å². The van der Waals surface area contributed by atoms with E-state index in [4.69, 9.17) is 4.74 Å². The lowest BCUT2D eigenvalue weighted by Crippen LogP contribution is -2.09. The van der Waals surface area contributed by atoms with Gasteiger partial charge in [-0.3, -0.25) is 0 Å². The Labute approximate surface area is 135 Å². The number of para-hydroxylation sites is 1. The molecule has 0 aliphatic carbocycles. The molecule has 0 fully saturated rings. The van der Waals surface area contributed by atoms with Crippen molar-refractivity contribution in [3.05, 3.63) is 58.1 Å². The number of halogens is 1. The van der Waals surface area contributed by atoms with Gasteiger partial charge < -0.3 is 10.1 Å². The topological polar surface area (TPSA) is 21.3 Å². The van der Waals surface area contributed by atoms with Crippen LogP contribution in [0.3, 0.4) is 0 Å². The number of hydrogen-bond donors (Lipinski definition) is 1. The Bertz CT molecular complexity index is 610. The molecule has 0 spiro atoms. The number of anilines is 1. The van der Waals surface area contributed by atoms with Gasteiger partial charge in [0.25, 0.3) is 0 Å². The highest BCUT2D eigenvalue weighted by molar-refractivity contribution is 9.10. The largest absolute Gasteiger partial charge is 0.496 e. The van der Waals surface area contributed by atoms with Crippen LogP contribution in [0.25, 0.3) is 0 Å². The van der Waals surface area contributed by atoms with E-state index in [1.165, 1.54) is 16.8 Å². The van der Waals surface area contributed by atoms with Gasteiger partial charge in [-0.15, -0.1) is 0 Å². The van der Waals surface area contributed by atoms with Crippen LogP contribution < -0.4 is 10.1 Å². The minimum absolute atomic E-state index is 0.229. The first-order chi connectivity index (χ1) is 10.0. The van der Waals surface area contributed by atoms with E-state index < -0.39 is 0 Å². The second-order valence-corrected chi connectivity index (χ2v) is 6.36. The lowest BCUT2D eigenvalue weighted by Gasteiger charge is -2.20. The van der Waals surface area contributed by atoms with Crippen molar-refractivity contribution in [2.75, 3.05) is 12.4 Å². The number of hydrogen-bond acceptors (Lipinski definition) is 2. The van der Waals surface area contributed by atoms with Crippen molar-refractivity contribution in [1.29, 1.82) is 0 Å². The molecule has 112 valence electrons. The molecule has 0 aliphatic rings. The van der Waals surface area contributed by atoms with Gasteiger partial charge in [0, 0.05) is 11.7 Å². The molecule has 0 saturated heterocycles. The first-order valence-corrected chi connectivity index (χ1v) is 8.01. The van der Waals surface area contributed by atoms with Crippen LogP contribution in [0.5, 0.6) is 5.75 Å². The molecule has 1 unspecified atom stereocenters. The Balaban J connectivity index is 2.22. The molecule has 2 aromatic rings. The molecule has 0 bridgehead atoms. The van der Waals surface area contributed by atoms with Gasteiger partial charge in [0.15, 0.2) is 0 Å². The van der Waals surface area contributed by atoms with Gasteiger partial charge in [-0.05, 0) is 58.1 Å². The first kappa shape index (κ1) is 15.9. The van der Waals surface area contributed by atoms with E-state index in [0.717, 1.165) is 10.2 Å². The monoisotopic (exact) mass is 347 g/mol. The summed E-state index contributed by atoms with van der Waals surface area (Å²) < 4.78 is 6.26. The molecule has 2 rings (SSSR count). The van der Waals surface area contributed by atoms with E-state index in [-0.39, 0.29) is 6.04 Å². The zero-order chi connectivity index (χ0) is 15.4. The molecular formula is C18H22BrNO. The molecule has 2 nitrogen and oxygen atoms in total. The summed E-state index contributed by atoms with van der Waals surface area (Å²) >= 11 is 3.55.